The molecule has 3 heteroatoms. The summed E-state index contributed by atoms with van der Waals surface area (Å²) < 4.78 is 18.8. The van der Waals surface area contributed by atoms with Crippen LogP contribution in [0.2, 0.25) is 0 Å². The van der Waals surface area contributed by atoms with Crippen LogP contribution in [0.4, 0.5) is 4.39 Å². The van der Waals surface area contributed by atoms with Crippen LogP contribution in [0.3, 0.4) is 0 Å². The number of rotatable bonds is 9. The monoisotopic (exact) mass is 321 g/mol. The molecule has 0 amide bonds. The summed E-state index contributed by atoms with van der Waals surface area (Å²) in [7, 11) is 1.50. The van der Waals surface area contributed by atoms with Crippen LogP contribution >= 0.6 is 0 Å². The van der Waals surface area contributed by atoms with Gasteiger partial charge < -0.3 is 10.1 Å². The first-order chi connectivity index (χ1) is 11.2. The Bertz CT molecular complexity index is 455. The predicted molar refractivity (Wildman–Crippen MR) is 94.4 cm³/mol. The molecule has 2 rings (SSSR count). The highest BCUT2D eigenvalue weighted by Gasteiger charge is 2.22. The Kier molecular flexibility index (Phi) is 7.87. The van der Waals surface area contributed by atoms with Crippen molar-refractivity contribution in [2.24, 2.45) is 5.92 Å². The van der Waals surface area contributed by atoms with Crippen LogP contribution in [-0.4, -0.2) is 13.7 Å². The van der Waals surface area contributed by atoms with Gasteiger partial charge in [0.05, 0.1) is 7.11 Å². The van der Waals surface area contributed by atoms with Crippen LogP contribution in [0.1, 0.15) is 76.3 Å². The topological polar surface area (TPSA) is 21.3 Å². The van der Waals surface area contributed by atoms with Crippen LogP contribution in [0.15, 0.2) is 18.2 Å². The number of halogens is 1. The van der Waals surface area contributed by atoms with E-state index in [0.29, 0.717) is 5.75 Å². The zero-order valence-electron chi connectivity index (χ0n) is 14.7. The molecule has 2 atom stereocenters. The SMILES string of the molecule is CCCCCCCCC1CCC(c2ccc(OC)c(F)c2)NC1. The van der Waals surface area contributed by atoms with E-state index in [1.54, 1.807) is 12.1 Å². The zero-order valence-corrected chi connectivity index (χ0v) is 14.7. The third kappa shape index (κ3) is 5.80. The molecule has 130 valence electrons. The first-order valence-corrected chi connectivity index (χ1v) is 9.31. The van der Waals surface area contributed by atoms with Crippen molar-refractivity contribution in [2.75, 3.05) is 13.7 Å². The Balaban J connectivity index is 1.68. The number of hydrogen-bond donors (Lipinski definition) is 1. The van der Waals surface area contributed by atoms with Crippen molar-refractivity contribution in [3.63, 3.8) is 0 Å². The molecule has 2 unspecified atom stereocenters. The summed E-state index contributed by atoms with van der Waals surface area (Å²) in [6.07, 6.45) is 11.9. The summed E-state index contributed by atoms with van der Waals surface area (Å²) in [6, 6.07) is 5.61. The predicted octanol–water partition coefficient (Wildman–Crippen LogP) is 5.63. The lowest BCUT2D eigenvalue weighted by atomic mass is 9.87. The van der Waals surface area contributed by atoms with Gasteiger partial charge in [-0.25, -0.2) is 4.39 Å². The van der Waals surface area contributed by atoms with Gasteiger partial charge in [0.15, 0.2) is 11.6 Å². The summed E-state index contributed by atoms with van der Waals surface area (Å²) in [5, 5.41) is 3.60. The van der Waals surface area contributed by atoms with E-state index in [4.69, 9.17) is 4.74 Å². The van der Waals surface area contributed by atoms with Crippen molar-refractivity contribution in [3.8, 4) is 5.75 Å². The molecule has 23 heavy (non-hydrogen) atoms. The number of piperidine rings is 1. The van der Waals surface area contributed by atoms with Gasteiger partial charge in [0.1, 0.15) is 0 Å². The average molecular weight is 321 g/mol. The molecule has 0 radical (unpaired) electrons. The molecule has 0 aliphatic carbocycles. The Morgan fingerprint density at radius 2 is 1.91 bits per heavy atom. The highest BCUT2D eigenvalue weighted by atomic mass is 19.1. The fourth-order valence-corrected chi connectivity index (χ4v) is 3.56. The number of benzene rings is 1. The van der Waals surface area contributed by atoms with Crippen LogP contribution in [0.25, 0.3) is 0 Å². The molecule has 1 aliphatic heterocycles. The van der Waals surface area contributed by atoms with Crippen molar-refractivity contribution >= 4 is 0 Å². The molecule has 0 spiro atoms. The molecule has 1 aromatic carbocycles. The van der Waals surface area contributed by atoms with Crippen molar-refractivity contribution < 1.29 is 9.13 Å². The Labute approximate surface area is 140 Å². The van der Waals surface area contributed by atoms with E-state index >= 15 is 0 Å². The maximum Gasteiger partial charge on any atom is 0.165 e. The standard InChI is InChI=1S/C20H32FNO/c1-3-4-5-6-7-8-9-16-10-12-19(22-15-16)17-11-13-20(23-2)18(21)14-17/h11,13-14,16,19,22H,3-10,12,15H2,1-2H3. The van der Waals surface area contributed by atoms with E-state index in [9.17, 15) is 4.39 Å². The molecular formula is C20H32FNO. The van der Waals surface area contributed by atoms with Crippen LogP contribution in [0.5, 0.6) is 5.75 Å². The summed E-state index contributed by atoms with van der Waals surface area (Å²) in [6.45, 7) is 3.33. The Morgan fingerprint density at radius 1 is 1.13 bits per heavy atom. The maximum atomic E-state index is 13.8. The Hall–Kier alpha value is -1.09. The second-order valence-corrected chi connectivity index (χ2v) is 6.85. The number of hydrogen-bond acceptors (Lipinski definition) is 2. The second kappa shape index (κ2) is 9.92. The average Bonchev–Trinajstić information content (AvgIpc) is 2.58. The molecule has 0 saturated carbocycles. The molecule has 1 aliphatic rings. The first kappa shape index (κ1) is 18.3. The molecule has 2 nitrogen and oxygen atoms in total. The lowest BCUT2D eigenvalue weighted by Crippen LogP contribution is -2.33. The van der Waals surface area contributed by atoms with Crippen molar-refractivity contribution in [1.29, 1.82) is 0 Å². The molecular weight excluding hydrogens is 289 g/mol. The third-order valence-corrected chi connectivity index (χ3v) is 5.06. The van der Waals surface area contributed by atoms with Gasteiger partial charge in [0, 0.05) is 6.04 Å². The lowest BCUT2D eigenvalue weighted by Gasteiger charge is -2.30. The van der Waals surface area contributed by atoms with Gasteiger partial charge >= 0.3 is 0 Å². The van der Waals surface area contributed by atoms with Crippen molar-refractivity contribution in [1.82, 2.24) is 5.32 Å². The van der Waals surface area contributed by atoms with Crippen molar-refractivity contribution in [3.05, 3.63) is 29.6 Å². The Morgan fingerprint density at radius 3 is 2.57 bits per heavy atom. The minimum atomic E-state index is -0.263. The van der Waals surface area contributed by atoms with Gasteiger partial charge in [-0.1, -0.05) is 51.5 Å². The second-order valence-electron chi connectivity index (χ2n) is 6.85. The number of ether oxygens (including phenoxy) is 1. The lowest BCUT2D eigenvalue weighted by molar-refractivity contribution is 0.293. The van der Waals surface area contributed by atoms with E-state index in [1.807, 2.05) is 6.07 Å². The fourth-order valence-electron chi connectivity index (χ4n) is 3.56. The van der Waals surface area contributed by atoms with Gasteiger partial charge in [-0.15, -0.1) is 0 Å². The van der Waals surface area contributed by atoms with Gasteiger partial charge in [0.25, 0.3) is 0 Å². The summed E-state index contributed by atoms with van der Waals surface area (Å²) in [5.41, 5.74) is 1.04. The molecule has 1 aromatic rings. The maximum absolute atomic E-state index is 13.8. The first-order valence-electron chi connectivity index (χ1n) is 9.31. The number of unbranched alkanes of at least 4 members (excludes halogenated alkanes) is 5. The summed E-state index contributed by atoms with van der Waals surface area (Å²) >= 11 is 0. The van der Waals surface area contributed by atoms with E-state index in [1.165, 1.54) is 58.5 Å². The van der Waals surface area contributed by atoms with E-state index in [2.05, 4.69) is 12.2 Å². The van der Waals surface area contributed by atoms with Gasteiger partial charge in [-0.3, -0.25) is 0 Å². The fraction of sp³-hybridized carbons (Fsp3) is 0.700. The van der Waals surface area contributed by atoms with Gasteiger partial charge in [-0.2, -0.15) is 0 Å². The smallest absolute Gasteiger partial charge is 0.165 e. The minimum absolute atomic E-state index is 0.263. The normalized spacial score (nSPS) is 21.3. The largest absolute Gasteiger partial charge is 0.494 e. The zero-order chi connectivity index (χ0) is 16.5. The van der Waals surface area contributed by atoms with Crippen molar-refractivity contribution in [2.45, 2.75) is 70.8 Å². The highest BCUT2D eigenvalue weighted by Crippen LogP contribution is 2.30. The van der Waals surface area contributed by atoms with Crippen LogP contribution in [-0.2, 0) is 0 Å². The molecule has 1 heterocycles. The van der Waals surface area contributed by atoms with E-state index in [-0.39, 0.29) is 11.9 Å². The molecule has 1 fully saturated rings. The molecule has 1 N–H and O–H groups in total. The van der Waals surface area contributed by atoms with Crippen LogP contribution < -0.4 is 10.1 Å². The summed E-state index contributed by atoms with van der Waals surface area (Å²) in [4.78, 5) is 0. The third-order valence-electron chi connectivity index (χ3n) is 5.06. The summed E-state index contributed by atoms with van der Waals surface area (Å²) in [5.74, 6) is 0.854. The van der Waals surface area contributed by atoms with Gasteiger partial charge in [-0.05, 0) is 49.4 Å². The number of nitrogens with one attached hydrogen (secondary N) is 1. The molecule has 1 saturated heterocycles. The quantitative estimate of drug-likeness (QED) is 0.595. The van der Waals surface area contributed by atoms with E-state index < -0.39 is 0 Å². The number of methoxy groups -OCH3 is 1. The molecule has 0 bridgehead atoms. The van der Waals surface area contributed by atoms with E-state index in [0.717, 1.165) is 24.4 Å². The molecule has 0 aromatic heterocycles. The van der Waals surface area contributed by atoms with Crippen LogP contribution in [0, 0.1) is 11.7 Å². The highest BCUT2D eigenvalue weighted by molar-refractivity contribution is 5.31. The minimum Gasteiger partial charge on any atom is -0.494 e. The van der Waals surface area contributed by atoms with Gasteiger partial charge in [0.2, 0.25) is 0 Å².